The average Bonchev–Trinajstić information content (AvgIpc) is 2.80. The van der Waals surface area contributed by atoms with Gasteiger partial charge in [-0.05, 0) is 36.1 Å². The topological polar surface area (TPSA) is 61.9 Å². The van der Waals surface area contributed by atoms with E-state index in [1.54, 1.807) is 24.1 Å². The molecule has 31 heavy (non-hydrogen) atoms. The van der Waals surface area contributed by atoms with Crippen molar-refractivity contribution in [3.63, 3.8) is 0 Å². The zero-order chi connectivity index (χ0) is 22.1. The highest BCUT2D eigenvalue weighted by molar-refractivity contribution is 5.95. The van der Waals surface area contributed by atoms with Gasteiger partial charge in [-0.25, -0.2) is 0 Å². The number of amides is 2. The molecule has 0 fully saturated rings. The predicted octanol–water partition coefficient (Wildman–Crippen LogP) is 3.66. The SMILES string of the molecule is CCCN(CC(=O)Nc1ccccc1OC)C(=O)CN1CC=C(c2ccccc2)CC1. The molecule has 1 N–H and O–H groups in total. The van der Waals surface area contributed by atoms with Crippen molar-refractivity contribution in [1.29, 1.82) is 0 Å². The van der Waals surface area contributed by atoms with Crippen LogP contribution in [0.5, 0.6) is 5.75 Å². The van der Waals surface area contributed by atoms with Crippen LogP contribution in [0.25, 0.3) is 5.57 Å². The number of carbonyl (C=O) groups is 2. The van der Waals surface area contributed by atoms with Crippen LogP contribution < -0.4 is 10.1 Å². The lowest BCUT2D eigenvalue weighted by molar-refractivity contribution is -0.135. The molecule has 0 bridgehead atoms. The fourth-order valence-electron chi connectivity index (χ4n) is 3.73. The Morgan fingerprint density at radius 1 is 1.10 bits per heavy atom. The van der Waals surface area contributed by atoms with Gasteiger partial charge in [0.25, 0.3) is 0 Å². The van der Waals surface area contributed by atoms with E-state index in [0.717, 1.165) is 25.9 Å². The summed E-state index contributed by atoms with van der Waals surface area (Å²) in [4.78, 5) is 29.3. The zero-order valence-corrected chi connectivity index (χ0v) is 18.3. The van der Waals surface area contributed by atoms with Gasteiger partial charge < -0.3 is 15.0 Å². The van der Waals surface area contributed by atoms with E-state index < -0.39 is 0 Å². The first kappa shape index (κ1) is 22.6. The first-order valence-electron chi connectivity index (χ1n) is 10.8. The summed E-state index contributed by atoms with van der Waals surface area (Å²) in [5, 5.41) is 2.85. The molecule has 0 aliphatic carbocycles. The molecule has 0 aromatic heterocycles. The van der Waals surface area contributed by atoms with Crippen LogP contribution in [0, 0.1) is 0 Å². The second-order valence-corrected chi connectivity index (χ2v) is 7.64. The zero-order valence-electron chi connectivity index (χ0n) is 18.3. The molecular weight excluding hydrogens is 390 g/mol. The third kappa shape index (κ3) is 6.43. The molecule has 2 amide bonds. The molecule has 0 spiro atoms. The summed E-state index contributed by atoms with van der Waals surface area (Å²) >= 11 is 0. The van der Waals surface area contributed by atoms with Gasteiger partial charge in [0, 0.05) is 19.6 Å². The Labute approximate surface area is 184 Å². The molecule has 0 saturated heterocycles. The Morgan fingerprint density at radius 2 is 1.84 bits per heavy atom. The minimum absolute atomic E-state index is 0.0198. The molecule has 2 aromatic carbocycles. The van der Waals surface area contributed by atoms with Crippen molar-refractivity contribution in [2.45, 2.75) is 19.8 Å². The quantitative estimate of drug-likeness (QED) is 0.671. The van der Waals surface area contributed by atoms with Gasteiger partial charge in [-0.15, -0.1) is 0 Å². The number of benzene rings is 2. The van der Waals surface area contributed by atoms with E-state index in [2.05, 4.69) is 28.4 Å². The van der Waals surface area contributed by atoms with Crippen LogP contribution in [-0.4, -0.2) is 61.4 Å². The number of nitrogens with zero attached hydrogens (tertiary/aromatic N) is 2. The maximum Gasteiger partial charge on any atom is 0.244 e. The number of nitrogens with one attached hydrogen (secondary N) is 1. The molecule has 2 aromatic rings. The Kier molecular flexibility index (Phi) is 8.24. The smallest absolute Gasteiger partial charge is 0.244 e. The van der Waals surface area contributed by atoms with Crippen molar-refractivity contribution in [3.8, 4) is 5.75 Å². The number of para-hydroxylation sites is 2. The van der Waals surface area contributed by atoms with E-state index in [4.69, 9.17) is 4.74 Å². The third-order valence-corrected chi connectivity index (χ3v) is 5.36. The minimum atomic E-state index is -0.226. The van der Waals surface area contributed by atoms with Crippen LogP contribution in [-0.2, 0) is 9.59 Å². The van der Waals surface area contributed by atoms with E-state index in [0.29, 0.717) is 24.5 Å². The van der Waals surface area contributed by atoms with Gasteiger partial charge in [-0.1, -0.05) is 55.5 Å². The Hall–Kier alpha value is -3.12. The summed E-state index contributed by atoms with van der Waals surface area (Å²) in [7, 11) is 1.56. The predicted molar refractivity (Wildman–Crippen MR) is 124 cm³/mol. The highest BCUT2D eigenvalue weighted by atomic mass is 16.5. The van der Waals surface area contributed by atoms with Gasteiger partial charge in [0.2, 0.25) is 11.8 Å². The summed E-state index contributed by atoms with van der Waals surface area (Å²) in [5.41, 5.74) is 3.17. The van der Waals surface area contributed by atoms with Crippen molar-refractivity contribution < 1.29 is 14.3 Å². The monoisotopic (exact) mass is 421 g/mol. The van der Waals surface area contributed by atoms with Crippen molar-refractivity contribution in [2.75, 3.05) is 45.2 Å². The molecule has 0 atom stereocenters. The van der Waals surface area contributed by atoms with Crippen molar-refractivity contribution in [1.82, 2.24) is 9.80 Å². The Bertz CT molecular complexity index is 911. The van der Waals surface area contributed by atoms with E-state index >= 15 is 0 Å². The summed E-state index contributed by atoms with van der Waals surface area (Å²) < 4.78 is 5.28. The summed E-state index contributed by atoms with van der Waals surface area (Å²) in [5.74, 6) is 0.350. The Balaban J connectivity index is 1.55. The Morgan fingerprint density at radius 3 is 2.52 bits per heavy atom. The summed E-state index contributed by atoms with van der Waals surface area (Å²) in [6.07, 6.45) is 3.91. The highest BCUT2D eigenvalue weighted by Gasteiger charge is 2.21. The number of methoxy groups -OCH3 is 1. The molecule has 6 heteroatoms. The number of hydrogen-bond acceptors (Lipinski definition) is 4. The second-order valence-electron chi connectivity index (χ2n) is 7.64. The molecule has 1 aliphatic heterocycles. The number of hydrogen-bond donors (Lipinski definition) is 1. The van der Waals surface area contributed by atoms with Crippen LogP contribution in [0.1, 0.15) is 25.3 Å². The average molecular weight is 422 g/mol. The van der Waals surface area contributed by atoms with Crippen molar-refractivity contribution in [3.05, 3.63) is 66.2 Å². The first-order chi connectivity index (χ1) is 15.1. The molecule has 1 heterocycles. The van der Waals surface area contributed by atoms with Gasteiger partial charge in [-0.3, -0.25) is 14.5 Å². The molecule has 1 aliphatic rings. The van der Waals surface area contributed by atoms with E-state index in [9.17, 15) is 9.59 Å². The summed E-state index contributed by atoms with van der Waals surface area (Å²) in [6, 6.07) is 17.6. The van der Waals surface area contributed by atoms with Crippen LogP contribution in [0.2, 0.25) is 0 Å². The second kappa shape index (κ2) is 11.3. The van der Waals surface area contributed by atoms with Crippen LogP contribution in [0.4, 0.5) is 5.69 Å². The van der Waals surface area contributed by atoms with Gasteiger partial charge in [0.05, 0.1) is 25.9 Å². The lowest BCUT2D eigenvalue weighted by atomic mass is 9.99. The van der Waals surface area contributed by atoms with Crippen LogP contribution in [0.15, 0.2) is 60.7 Å². The van der Waals surface area contributed by atoms with E-state index in [1.165, 1.54) is 11.1 Å². The molecule has 164 valence electrons. The highest BCUT2D eigenvalue weighted by Crippen LogP contribution is 2.23. The van der Waals surface area contributed by atoms with Crippen LogP contribution >= 0.6 is 0 Å². The maximum atomic E-state index is 12.9. The maximum absolute atomic E-state index is 12.9. The lowest BCUT2D eigenvalue weighted by Gasteiger charge is -2.29. The third-order valence-electron chi connectivity index (χ3n) is 5.36. The van der Waals surface area contributed by atoms with E-state index in [-0.39, 0.29) is 18.4 Å². The van der Waals surface area contributed by atoms with Gasteiger partial charge in [-0.2, -0.15) is 0 Å². The minimum Gasteiger partial charge on any atom is -0.495 e. The number of rotatable bonds is 9. The fraction of sp³-hybridized carbons (Fsp3) is 0.360. The molecule has 0 saturated carbocycles. The molecular formula is C25H31N3O3. The number of ether oxygens (including phenoxy) is 1. The van der Waals surface area contributed by atoms with Crippen LogP contribution in [0.3, 0.4) is 0 Å². The largest absolute Gasteiger partial charge is 0.495 e. The molecule has 6 nitrogen and oxygen atoms in total. The lowest BCUT2D eigenvalue weighted by Crippen LogP contribution is -2.45. The molecule has 0 radical (unpaired) electrons. The molecule has 0 unspecified atom stereocenters. The van der Waals surface area contributed by atoms with Crippen molar-refractivity contribution in [2.24, 2.45) is 0 Å². The van der Waals surface area contributed by atoms with E-state index in [1.807, 2.05) is 37.3 Å². The summed E-state index contributed by atoms with van der Waals surface area (Å²) in [6.45, 7) is 4.48. The standard InChI is InChI=1S/C25H31N3O3/c1-3-15-28(18-24(29)26-22-11-7-8-12-23(22)31-2)25(30)19-27-16-13-21(14-17-27)20-9-5-4-6-10-20/h4-13H,3,14-19H2,1-2H3,(H,26,29). The molecule has 3 rings (SSSR count). The number of anilines is 1. The van der Waals surface area contributed by atoms with Crippen molar-refractivity contribution >= 4 is 23.1 Å². The van der Waals surface area contributed by atoms with Gasteiger partial charge in [0.15, 0.2) is 0 Å². The number of carbonyl (C=O) groups excluding carboxylic acids is 2. The normalized spacial score (nSPS) is 13.9. The van der Waals surface area contributed by atoms with Gasteiger partial charge >= 0.3 is 0 Å². The fourth-order valence-corrected chi connectivity index (χ4v) is 3.73. The van der Waals surface area contributed by atoms with Gasteiger partial charge in [0.1, 0.15) is 5.75 Å². The first-order valence-corrected chi connectivity index (χ1v) is 10.8.